The van der Waals surface area contributed by atoms with E-state index in [0.29, 0.717) is 12.2 Å². The van der Waals surface area contributed by atoms with Crippen molar-refractivity contribution in [1.29, 1.82) is 0 Å². The number of hydrogen-bond donors (Lipinski definition) is 0. The van der Waals surface area contributed by atoms with Crippen LogP contribution in [-0.4, -0.2) is 25.4 Å². The van der Waals surface area contributed by atoms with Gasteiger partial charge in [-0.15, -0.1) is 0 Å². The SMILES string of the molecule is CCCc1ccc(C2CCC(C=CC3CCC(OCC)CO3)CC2)cc1. The van der Waals surface area contributed by atoms with Crippen molar-refractivity contribution < 1.29 is 9.47 Å². The molecule has 144 valence electrons. The first-order valence-electron chi connectivity index (χ1n) is 10.8. The predicted octanol–water partition coefficient (Wildman–Crippen LogP) is 6.05. The van der Waals surface area contributed by atoms with Gasteiger partial charge in [0.15, 0.2) is 0 Å². The summed E-state index contributed by atoms with van der Waals surface area (Å²) in [5.41, 5.74) is 3.02. The Morgan fingerprint density at radius 2 is 1.73 bits per heavy atom. The van der Waals surface area contributed by atoms with E-state index in [2.05, 4.69) is 50.3 Å². The summed E-state index contributed by atoms with van der Waals surface area (Å²) in [4.78, 5) is 0. The molecule has 2 unspecified atom stereocenters. The van der Waals surface area contributed by atoms with Gasteiger partial charge in [0.05, 0.1) is 18.8 Å². The zero-order valence-corrected chi connectivity index (χ0v) is 16.7. The van der Waals surface area contributed by atoms with Gasteiger partial charge in [-0.1, -0.05) is 49.8 Å². The van der Waals surface area contributed by atoms with E-state index in [1.54, 1.807) is 5.56 Å². The summed E-state index contributed by atoms with van der Waals surface area (Å²) < 4.78 is 11.6. The van der Waals surface area contributed by atoms with Crippen LogP contribution in [0.1, 0.15) is 75.8 Å². The van der Waals surface area contributed by atoms with Crippen molar-refractivity contribution in [1.82, 2.24) is 0 Å². The second-order valence-corrected chi connectivity index (χ2v) is 8.01. The van der Waals surface area contributed by atoms with Crippen LogP contribution < -0.4 is 0 Å². The molecule has 0 aromatic heterocycles. The highest BCUT2D eigenvalue weighted by Crippen LogP contribution is 2.36. The van der Waals surface area contributed by atoms with Gasteiger partial charge in [0, 0.05) is 6.61 Å². The molecule has 0 amide bonds. The maximum atomic E-state index is 5.94. The molecule has 2 fully saturated rings. The van der Waals surface area contributed by atoms with Crippen LogP contribution >= 0.6 is 0 Å². The average molecular weight is 357 g/mol. The molecule has 0 spiro atoms. The summed E-state index contributed by atoms with van der Waals surface area (Å²) in [6.45, 7) is 5.85. The van der Waals surface area contributed by atoms with Gasteiger partial charge < -0.3 is 9.47 Å². The molecule has 0 radical (unpaired) electrons. The molecule has 1 heterocycles. The molecule has 3 rings (SSSR count). The van der Waals surface area contributed by atoms with Gasteiger partial charge in [-0.3, -0.25) is 0 Å². The highest BCUT2D eigenvalue weighted by molar-refractivity contribution is 5.26. The average Bonchev–Trinajstić information content (AvgIpc) is 2.69. The lowest BCUT2D eigenvalue weighted by Crippen LogP contribution is -2.30. The Balaban J connectivity index is 1.41. The highest BCUT2D eigenvalue weighted by atomic mass is 16.5. The summed E-state index contributed by atoms with van der Waals surface area (Å²) in [5, 5.41) is 0. The van der Waals surface area contributed by atoms with E-state index in [-0.39, 0.29) is 0 Å². The summed E-state index contributed by atoms with van der Waals surface area (Å²) in [6, 6.07) is 9.41. The minimum atomic E-state index is 0.301. The third-order valence-corrected chi connectivity index (χ3v) is 6.03. The monoisotopic (exact) mass is 356 g/mol. The van der Waals surface area contributed by atoms with Crippen molar-refractivity contribution in [3.05, 3.63) is 47.5 Å². The lowest BCUT2D eigenvalue weighted by Gasteiger charge is -2.29. The van der Waals surface area contributed by atoms with Crippen molar-refractivity contribution >= 4 is 0 Å². The van der Waals surface area contributed by atoms with Gasteiger partial charge in [-0.05, 0) is 74.8 Å². The van der Waals surface area contributed by atoms with Crippen LogP contribution in [0.2, 0.25) is 0 Å². The molecule has 1 saturated carbocycles. The van der Waals surface area contributed by atoms with E-state index in [9.17, 15) is 0 Å². The standard InChI is InChI=1S/C24H36O2/c1-3-5-19-6-11-21(12-7-19)22-13-8-20(9-14-22)10-15-23-16-17-24(18-26-23)25-4-2/h6-7,10-12,15,20,22-24H,3-5,8-9,13-14,16-18H2,1-2H3. The molecule has 1 saturated heterocycles. The Kier molecular flexibility index (Phi) is 7.76. The van der Waals surface area contributed by atoms with Gasteiger partial charge >= 0.3 is 0 Å². The Bertz CT molecular complexity index is 532. The topological polar surface area (TPSA) is 18.5 Å². The minimum Gasteiger partial charge on any atom is -0.376 e. The van der Waals surface area contributed by atoms with Crippen molar-refractivity contribution in [2.24, 2.45) is 5.92 Å². The van der Waals surface area contributed by atoms with Gasteiger partial charge in [-0.25, -0.2) is 0 Å². The Labute approximate surface area is 160 Å². The third-order valence-electron chi connectivity index (χ3n) is 6.03. The van der Waals surface area contributed by atoms with Gasteiger partial charge in [0.1, 0.15) is 0 Å². The summed E-state index contributed by atoms with van der Waals surface area (Å²) in [7, 11) is 0. The molecule has 1 aromatic carbocycles. The fraction of sp³-hybridized carbons (Fsp3) is 0.667. The van der Waals surface area contributed by atoms with E-state index in [4.69, 9.17) is 9.47 Å². The Morgan fingerprint density at radius 1 is 0.962 bits per heavy atom. The Hall–Kier alpha value is -1.12. The fourth-order valence-electron chi connectivity index (χ4n) is 4.44. The molecule has 1 aliphatic heterocycles. The van der Waals surface area contributed by atoms with Crippen LogP contribution in [-0.2, 0) is 15.9 Å². The number of rotatable bonds is 7. The number of benzene rings is 1. The second-order valence-electron chi connectivity index (χ2n) is 8.01. The summed E-state index contributed by atoms with van der Waals surface area (Å²) in [5.74, 6) is 1.49. The van der Waals surface area contributed by atoms with E-state index in [1.165, 1.54) is 44.1 Å². The number of allylic oxidation sites excluding steroid dienone is 1. The molecule has 0 N–H and O–H groups in total. The zero-order valence-electron chi connectivity index (χ0n) is 16.7. The second kappa shape index (κ2) is 10.3. The summed E-state index contributed by atoms with van der Waals surface area (Å²) >= 11 is 0. The lowest BCUT2D eigenvalue weighted by molar-refractivity contribution is -0.0679. The van der Waals surface area contributed by atoms with Crippen molar-refractivity contribution in [3.63, 3.8) is 0 Å². The molecule has 2 aliphatic rings. The molecular formula is C24H36O2. The first-order chi connectivity index (χ1) is 12.8. The lowest BCUT2D eigenvalue weighted by atomic mass is 9.78. The molecule has 2 heteroatoms. The molecule has 0 bridgehead atoms. The zero-order chi connectivity index (χ0) is 18.2. The van der Waals surface area contributed by atoms with E-state index in [0.717, 1.165) is 37.9 Å². The van der Waals surface area contributed by atoms with E-state index >= 15 is 0 Å². The molecule has 2 nitrogen and oxygen atoms in total. The van der Waals surface area contributed by atoms with Crippen molar-refractivity contribution in [2.75, 3.05) is 13.2 Å². The molecule has 2 atom stereocenters. The minimum absolute atomic E-state index is 0.301. The molecular weight excluding hydrogens is 320 g/mol. The maximum absolute atomic E-state index is 5.94. The Morgan fingerprint density at radius 3 is 2.35 bits per heavy atom. The predicted molar refractivity (Wildman–Crippen MR) is 109 cm³/mol. The van der Waals surface area contributed by atoms with Crippen molar-refractivity contribution in [2.45, 2.75) is 83.3 Å². The third kappa shape index (κ3) is 5.69. The van der Waals surface area contributed by atoms with Crippen LogP contribution in [0.3, 0.4) is 0 Å². The van der Waals surface area contributed by atoms with Gasteiger partial charge in [0.2, 0.25) is 0 Å². The van der Waals surface area contributed by atoms with E-state index < -0.39 is 0 Å². The normalized spacial score (nSPS) is 29.9. The smallest absolute Gasteiger partial charge is 0.0809 e. The number of aryl methyl sites for hydroxylation is 1. The molecule has 1 aromatic rings. The van der Waals surface area contributed by atoms with E-state index in [1.807, 2.05) is 0 Å². The van der Waals surface area contributed by atoms with Gasteiger partial charge in [0.25, 0.3) is 0 Å². The van der Waals surface area contributed by atoms with Crippen molar-refractivity contribution in [3.8, 4) is 0 Å². The number of hydrogen-bond acceptors (Lipinski definition) is 2. The molecule has 1 aliphatic carbocycles. The number of ether oxygens (including phenoxy) is 2. The van der Waals surface area contributed by atoms with Crippen LogP contribution in [0.25, 0.3) is 0 Å². The van der Waals surface area contributed by atoms with Crippen LogP contribution in [0.4, 0.5) is 0 Å². The molecule has 26 heavy (non-hydrogen) atoms. The van der Waals surface area contributed by atoms with Crippen LogP contribution in [0, 0.1) is 5.92 Å². The first-order valence-corrected chi connectivity index (χ1v) is 10.8. The highest BCUT2D eigenvalue weighted by Gasteiger charge is 2.23. The quantitative estimate of drug-likeness (QED) is 0.553. The van der Waals surface area contributed by atoms with Crippen LogP contribution in [0.15, 0.2) is 36.4 Å². The fourth-order valence-corrected chi connectivity index (χ4v) is 4.44. The van der Waals surface area contributed by atoms with Gasteiger partial charge in [-0.2, -0.15) is 0 Å². The van der Waals surface area contributed by atoms with Crippen LogP contribution in [0.5, 0.6) is 0 Å². The largest absolute Gasteiger partial charge is 0.376 e. The first kappa shape index (κ1) is 19.6. The maximum Gasteiger partial charge on any atom is 0.0809 e. The summed E-state index contributed by atoms with van der Waals surface area (Å²) in [6.07, 6.45) is 15.3.